The molecule has 3 aromatic carbocycles. The van der Waals surface area contributed by atoms with Crippen molar-refractivity contribution in [2.75, 3.05) is 0 Å². The van der Waals surface area contributed by atoms with Crippen LogP contribution < -0.4 is 0 Å². The minimum atomic E-state index is -0.343. The van der Waals surface area contributed by atoms with Gasteiger partial charge in [-0.25, -0.2) is 0 Å². The first kappa shape index (κ1) is 32.0. The van der Waals surface area contributed by atoms with Crippen LogP contribution in [0.4, 0.5) is 0 Å². The van der Waals surface area contributed by atoms with E-state index in [0.29, 0.717) is 5.75 Å². The van der Waals surface area contributed by atoms with Gasteiger partial charge in [-0.3, -0.25) is 0 Å². The van der Waals surface area contributed by atoms with Gasteiger partial charge in [-0.2, -0.15) is 0 Å². The van der Waals surface area contributed by atoms with Crippen molar-refractivity contribution >= 4 is 0 Å². The number of phenolic OH excluding ortho intramolecular Hbond substituents is 2. The first-order valence-electron chi connectivity index (χ1n) is 14.6. The van der Waals surface area contributed by atoms with Gasteiger partial charge in [0, 0.05) is 22.3 Å². The minimum absolute atomic E-state index is 0.0877. The lowest BCUT2D eigenvalue weighted by Crippen LogP contribution is -2.26. The molecule has 41 heavy (non-hydrogen) atoms. The van der Waals surface area contributed by atoms with Crippen molar-refractivity contribution in [3.63, 3.8) is 0 Å². The Labute approximate surface area is 249 Å². The number of aromatic hydroxyl groups is 2. The van der Waals surface area contributed by atoms with E-state index in [1.807, 2.05) is 24.3 Å². The number of rotatable bonds is 8. The zero-order valence-corrected chi connectivity index (χ0v) is 26.9. The zero-order chi connectivity index (χ0) is 31.0. The number of hydrogen-bond acceptors (Lipinski definition) is 2. The van der Waals surface area contributed by atoms with E-state index in [9.17, 15) is 10.2 Å². The van der Waals surface area contributed by atoms with E-state index < -0.39 is 0 Å². The molecule has 0 spiro atoms. The molecule has 0 aliphatic heterocycles. The molecule has 1 unspecified atom stereocenters. The van der Waals surface area contributed by atoms with Crippen molar-refractivity contribution in [1.29, 1.82) is 0 Å². The summed E-state index contributed by atoms with van der Waals surface area (Å²) >= 11 is 0. The summed E-state index contributed by atoms with van der Waals surface area (Å²) in [6.07, 6.45) is 5.68. The van der Waals surface area contributed by atoms with Gasteiger partial charge < -0.3 is 10.2 Å². The molecule has 0 saturated carbocycles. The molecule has 0 radical (unpaired) electrons. The molecule has 0 aromatic heterocycles. The molecular weight excluding hydrogens is 500 g/mol. The first-order chi connectivity index (χ1) is 18.8. The Balaban J connectivity index is 2.26. The maximum atomic E-state index is 11.8. The Morgan fingerprint density at radius 3 is 1.73 bits per heavy atom. The van der Waals surface area contributed by atoms with Crippen LogP contribution in [0.1, 0.15) is 109 Å². The highest BCUT2D eigenvalue weighted by molar-refractivity contribution is 5.56. The van der Waals surface area contributed by atoms with Crippen LogP contribution in [0.2, 0.25) is 0 Å². The zero-order valence-electron chi connectivity index (χ0n) is 26.9. The molecular formula is C39H50O2. The average molecular weight is 551 g/mol. The fourth-order valence-electron chi connectivity index (χ4n) is 5.83. The maximum Gasteiger partial charge on any atom is 0.123 e. The normalized spacial score (nSPS) is 13.8. The van der Waals surface area contributed by atoms with Crippen LogP contribution in [0.5, 0.6) is 11.5 Å². The Hall–Kier alpha value is -3.52. The smallest absolute Gasteiger partial charge is 0.123 e. The highest BCUT2D eigenvalue weighted by Crippen LogP contribution is 2.49. The van der Waals surface area contributed by atoms with Gasteiger partial charge in [0.2, 0.25) is 0 Å². The van der Waals surface area contributed by atoms with E-state index in [2.05, 4.69) is 119 Å². The van der Waals surface area contributed by atoms with Crippen molar-refractivity contribution < 1.29 is 10.2 Å². The highest BCUT2D eigenvalue weighted by atomic mass is 16.3. The predicted octanol–water partition coefficient (Wildman–Crippen LogP) is 10.5. The molecule has 2 N–H and O–H groups in total. The maximum absolute atomic E-state index is 11.8. The number of phenols is 2. The Morgan fingerprint density at radius 1 is 0.707 bits per heavy atom. The molecule has 2 heteroatoms. The molecule has 0 bridgehead atoms. The van der Waals surface area contributed by atoms with Crippen LogP contribution in [-0.4, -0.2) is 10.2 Å². The van der Waals surface area contributed by atoms with Gasteiger partial charge in [-0.15, -0.1) is 0 Å². The van der Waals surface area contributed by atoms with E-state index in [1.54, 1.807) is 18.2 Å². The monoisotopic (exact) mass is 550 g/mol. The minimum Gasteiger partial charge on any atom is -0.508 e. The SMILES string of the molecule is C=C/C=C\C(=C)C(c1cc(C(C)(C)c2cccc(C(C)(C)c3ccc(O)cc3)c2)cc(C(C)(C)C)c1O)C(C)(C)C. The summed E-state index contributed by atoms with van der Waals surface area (Å²) in [5.74, 6) is 0.538. The summed E-state index contributed by atoms with van der Waals surface area (Å²) in [7, 11) is 0. The summed E-state index contributed by atoms with van der Waals surface area (Å²) in [4.78, 5) is 0. The van der Waals surface area contributed by atoms with Crippen LogP contribution in [0.3, 0.4) is 0 Å². The molecule has 3 rings (SSSR count). The second-order valence-electron chi connectivity index (χ2n) is 14.6. The predicted molar refractivity (Wildman–Crippen MR) is 176 cm³/mol. The summed E-state index contributed by atoms with van der Waals surface area (Å²) in [6.45, 7) is 30.3. The molecule has 0 aliphatic rings. The van der Waals surface area contributed by atoms with Crippen molar-refractivity contribution in [2.45, 2.75) is 91.4 Å². The Bertz CT molecular complexity index is 1430. The fourth-order valence-corrected chi connectivity index (χ4v) is 5.83. The largest absolute Gasteiger partial charge is 0.508 e. The van der Waals surface area contributed by atoms with E-state index in [1.165, 1.54) is 11.1 Å². The van der Waals surface area contributed by atoms with Crippen LogP contribution in [-0.2, 0) is 16.2 Å². The van der Waals surface area contributed by atoms with Crippen molar-refractivity contribution in [3.8, 4) is 11.5 Å². The third-order valence-corrected chi connectivity index (χ3v) is 8.56. The van der Waals surface area contributed by atoms with Gasteiger partial charge in [-0.05, 0) is 56.4 Å². The van der Waals surface area contributed by atoms with E-state index in [4.69, 9.17) is 0 Å². The van der Waals surface area contributed by atoms with Gasteiger partial charge >= 0.3 is 0 Å². The second-order valence-corrected chi connectivity index (χ2v) is 14.6. The Kier molecular flexibility index (Phi) is 8.89. The van der Waals surface area contributed by atoms with Crippen LogP contribution >= 0.6 is 0 Å². The summed E-state index contributed by atoms with van der Waals surface area (Å²) in [6, 6.07) is 20.7. The van der Waals surface area contributed by atoms with Gasteiger partial charge in [0.05, 0.1) is 0 Å². The summed E-state index contributed by atoms with van der Waals surface area (Å²) < 4.78 is 0. The highest BCUT2D eigenvalue weighted by Gasteiger charge is 2.35. The molecule has 2 nitrogen and oxygen atoms in total. The average Bonchev–Trinajstić information content (AvgIpc) is 2.87. The van der Waals surface area contributed by atoms with Gasteiger partial charge in [0.1, 0.15) is 11.5 Å². The quantitative estimate of drug-likeness (QED) is 0.274. The lowest BCUT2D eigenvalue weighted by atomic mass is 9.68. The summed E-state index contributed by atoms with van der Waals surface area (Å²) in [5.41, 5.74) is 6.49. The molecule has 218 valence electrons. The van der Waals surface area contributed by atoms with Gasteiger partial charge in [0.25, 0.3) is 0 Å². The van der Waals surface area contributed by atoms with Crippen LogP contribution in [0.15, 0.2) is 97.6 Å². The second kappa shape index (κ2) is 11.4. The molecule has 0 saturated heterocycles. The topological polar surface area (TPSA) is 40.5 Å². The van der Waals surface area contributed by atoms with Crippen molar-refractivity contribution in [1.82, 2.24) is 0 Å². The van der Waals surface area contributed by atoms with E-state index in [-0.39, 0.29) is 33.3 Å². The molecule has 3 aromatic rings. The van der Waals surface area contributed by atoms with Crippen molar-refractivity contribution in [3.05, 3.63) is 131 Å². The third-order valence-electron chi connectivity index (χ3n) is 8.56. The van der Waals surface area contributed by atoms with E-state index >= 15 is 0 Å². The molecule has 0 heterocycles. The van der Waals surface area contributed by atoms with Crippen LogP contribution in [0, 0.1) is 5.41 Å². The summed E-state index contributed by atoms with van der Waals surface area (Å²) in [5, 5.41) is 21.6. The molecule has 0 aliphatic carbocycles. The number of allylic oxidation sites excluding steroid dienone is 4. The first-order valence-corrected chi connectivity index (χ1v) is 14.6. The standard InChI is InChI=1S/C39H50O2/c1-13-14-16-26(2)34(37(6,7)8)32-24-30(25-33(35(32)41)36(3,4)5)39(11,12)29-18-15-17-28(23-29)38(9,10)27-19-21-31(40)22-20-27/h13-25,34,40-41H,1-2H2,3-12H3/b16-14-. The molecule has 0 fully saturated rings. The van der Waals surface area contributed by atoms with Gasteiger partial charge in [0.15, 0.2) is 0 Å². The van der Waals surface area contributed by atoms with Crippen LogP contribution in [0.25, 0.3) is 0 Å². The lowest BCUT2D eigenvalue weighted by molar-refractivity contribution is 0.343. The fraction of sp³-hybridized carbons (Fsp3) is 0.385. The number of benzene rings is 3. The molecule has 1 atom stereocenters. The Morgan fingerprint density at radius 2 is 1.24 bits per heavy atom. The van der Waals surface area contributed by atoms with E-state index in [0.717, 1.165) is 27.8 Å². The van der Waals surface area contributed by atoms with Crippen molar-refractivity contribution in [2.24, 2.45) is 5.41 Å². The molecule has 0 amide bonds. The number of hydrogen-bond donors (Lipinski definition) is 2. The third kappa shape index (κ3) is 6.70. The van der Waals surface area contributed by atoms with Gasteiger partial charge in [-0.1, -0.05) is 149 Å². The lowest BCUT2D eigenvalue weighted by Gasteiger charge is -2.37.